The predicted molar refractivity (Wildman–Crippen MR) is 109 cm³/mol. The van der Waals surface area contributed by atoms with E-state index in [2.05, 4.69) is 25.6 Å². The fourth-order valence-corrected chi connectivity index (χ4v) is 3.31. The number of nitrogens with zero attached hydrogens (tertiary/aromatic N) is 3. The van der Waals surface area contributed by atoms with E-state index < -0.39 is 0 Å². The molecular weight excluding hydrogens is 457 g/mol. The number of nitrogens with one attached hydrogen (secondary N) is 2. The van der Waals surface area contributed by atoms with Crippen molar-refractivity contribution < 1.29 is 4.42 Å². The van der Waals surface area contributed by atoms with Crippen molar-refractivity contribution in [1.82, 2.24) is 20.6 Å². The highest BCUT2D eigenvalue weighted by Gasteiger charge is 2.08. The standard InChI is InChI=1S/C15H17N5OS2.HI/c1-10-9-23-13(19-10)7-18-15(16-2)17-6-11-8-21-14(20-11)12-4-3-5-22-12;/h3-5,8-9H,6-7H2,1-2H3,(H2,16,17,18);1H. The summed E-state index contributed by atoms with van der Waals surface area (Å²) >= 11 is 3.24. The van der Waals surface area contributed by atoms with Crippen LogP contribution in [0.1, 0.15) is 16.4 Å². The first-order chi connectivity index (χ1) is 11.2. The smallest absolute Gasteiger partial charge is 0.236 e. The van der Waals surface area contributed by atoms with Crippen LogP contribution in [0.25, 0.3) is 10.8 Å². The maximum atomic E-state index is 5.50. The minimum absolute atomic E-state index is 0. The third-order valence-electron chi connectivity index (χ3n) is 3.02. The van der Waals surface area contributed by atoms with Crippen LogP contribution in [0.2, 0.25) is 0 Å². The molecule has 9 heteroatoms. The zero-order valence-corrected chi connectivity index (χ0v) is 17.2. The van der Waals surface area contributed by atoms with Gasteiger partial charge in [-0.15, -0.1) is 46.7 Å². The first-order valence-electron chi connectivity index (χ1n) is 7.08. The van der Waals surface area contributed by atoms with Crippen LogP contribution >= 0.6 is 46.7 Å². The number of oxazole rings is 1. The molecule has 3 aromatic heterocycles. The van der Waals surface area contributed by atoms with Gasteiger partial charge in [0.1, 0.15) is 11.3 Å². The number of hydrogen-bond donors (Lipinski definition) is 2. The lowest BCUT2D eigenvalue weighted by Crippen LogP contribution is -2.36. The Morgan fingerprint density at radius 2 is 2.08 bits per heavy atom. The molecule has 0 saturated heterocycles. The monoisotopic (exact) mass is 475 g/mol. The highest BCUT2D eigenvalue weighted by atomic mass is 127. The molecule has 0 bridgehead atoms. The molecule has 0 unspecified atom stereocenters. The quantitative estimate of drug-likeness (QED) is 0.335. The fourth-order valence-electron chi connectivity index (χ4n) is 1.94. The lowest BCUT2D eigenvalue weighted by molar-refractivity contribution is 0.573. The summed E-state index contributed by atoms with van der Waals surface area (Å²) in [6, 6.07) is 3.97. The van der Waals surface area contributed by atoms with E-state index in [0.717, 1.165) is 21.3 Å². The Balaban J connectivity index is 0.00000208. The summed E-state index contributed by atoms with van der Waals surface area (Å²) < 4.78 is 5.50. The molecule has 128 valence electrons. The van der Waals surface area contributed by atoms with Crippen molar-refractivity contribution in [3.05, 3.63) is 45.6 Å². The SMILES string of the molecule is CN=C(NCc1coc(-c2cccs2)n1)NCc1nc(C)cs1.I. The molecule has 0 aliphatic rings. The number of rotatable bonds is 5. The van der Waals surface area contributed by atoms with E-state index in [1.165, 1.54) is 0 Å². The summed E-state index contributed by atoms with van der Waals surface area (Å²) in [5.74, 6) is 1.36. The molecule has 0 atom stereocenters. The summed E-state index contributed by atoms with van der Waals surface area (Å²) in [6.07, 6.45) is 1.67. The molecule has 6 nitrogen and oxygen atoms in total. The van der Waals surface area contributed by atoms with Crippen molar-refractivity contribution in [1.29, 1.82) is 0 Å². The normalized spacial score (nSPS) is 11.2. The molecule has 0 spiro atoms. The van der Waals surface area contributed by atoms with Crippen LogP contribution < -0.4 is 10.6 Å². The van der Waals surface area contributed by atoms with Gasteiger partial charge in [0, 0.05) is 18.1 Å². The van der Waals surface area contributed by atoms with E-state index in [1.807, 2.05) is 29.8 Å². The molecule has 3 aromatic rings. The van der Waals surface area contributed by atoms with E-state index in [0.29, 0.717) is 24.9 Å². The molecule has 0 saturated carbocycles. The second kappa shape index (κ2) is 9.14. The highest BCUT2D eigenvalue weighted by Crippen LogP contribution is 2.23. The van der Waals surface area contributed by atoms with Gasteiger partial charge in [-0.3, -0.25) is 4.99 Å². The average molecular weight is 475 g/mol. The van der Waals surface area contributed by atoms with Crippen LogP contribution in [-0.4, -0.2) is 23.0 Å². The number of hydrogen-bond acceptors (Lipinski definition) is 6. The number of halogens is 1. The lowest BCUT2D eigenvalue weighted by atomic mass is 10.4. The Morgan fingerprint density at radius 3 is 2.75 bits per heavy atom. The van der Waals surface area contributed by atoms with Gasteiger partial charge < -0.3 is 15.1 Å². The van der Waals surface area contributed by atoms with E-state index in [4.69, 9.17) is 4.42 Å². The molecule has 3 rings (SSSR count). The summed E-state index contributed by atoms with van der Waals surface area (Å²) in [4.78, 5) is 14.1. The number of aromatic nitrogens is 2. The molecule has 0 fully saturated rings. The predicted octanol–water partition coefficient (Wildman–Crippen LogP) is 3.65. The zero-order valence-electron chi connectivity index (χ0n) is 13.3. The van der Waals surface area contributed by atoms with Crippen molar-refractivity contribution >= 4 is 52.6 Å². The Morgan fingerprint density at radius 1 is 1.25 bits per heavy atom. The number of thiazole rings is 1. The zero-order chi connectivity index (χ0) is 16.1. The van der Waals surface area contributed by atoms with E-state index in [1.54, 1.807) is 36.0 Å². The number of guanidine groups is 1. The van der Waals surface area contributed by atoms with Crippen LogP contribution in [0.4, 0.5) is 0 Å². The number of aliphatic imine (C=N–C) groups is 1. The van der Waals surface area contributed by atoms with Crippen molar-refractivity contribution in [3.8, 4) is 10.8 Å². The second-order valence-electron chi connectivity index (χ2n) is 4.78. The molecule has 24 heavy (non-hydrogen) atoms. The molecular formula is C15H18IN5OS2. The summed E-state index contributed by atoms with van der Waals surface area (Å²) in [7, 11) is 1.74. The molecule has 0 radical (unpaired) electrons. The average Bonchev–Trinajstić information content (AvgIpc) is 3.28. The van der Waals surface area contributed by atoms with Gasteiger partial charge in [-0.05, 0) is 18.4 Å². The summed E-state index contributed by atoms with van der Waals surface area (Å²) in [6.45, 7) is 3.19. The third-order valence-corrected chi connectivity index (χ3v) is 4.84. The Bertz CT molecular complexity index is 782. The van der Waals surface area contributed by atoms with Crippen LogP contribution in [0, 0.1) is 6.92 Å². The first-order valence-corrected chi connectivity index (χ1v) is 8.84. The fraction of sp³-hybridized carbons (Fsp3) is 0.267. The van der Waals surface area contributed by atoms with Crippen LogP contribution in [-0.2, 0) is 13.1 Å². The third kappa shape index (κ3) is 5.02. The summed E-state index contributed by atoms with van der Waals surface area (Å²) in [5, 5.41) is 11.5. The van der Waals surface area contributed by atoms with Gasteiger partial charge in [0.15, 0.2) is 5.96 Å². The van der Waals surface area contributed by atoms with Gasteiger partial charge in [-0.2, -0.15) is 0 Å². The Hall–Kier alpha value is -1.46. The summed E-state index contributed by atoms with van der Waals surface area (Å²) in [5.41, 5.74) is 1.87. The molecule has 3 heterocycles. The van der Waals surface area contributed by atoms with Gasteiger partial charge >= 0.3 is 0 Å². The topological polar surface area (TPSA) is 75.3 Å². The van der Waals surface area contributed by atoms with Gasteiger partial charge in [-0.25, -0.2) is 9.97 Å². The van der Waals surface area contributed by atoms with Crippen molar-refractivity contribution in [2.75, 3.05) is 7.05 Å². The van der Waals surface area contributed by atoms with E-state index in [9.17, 15) is 0 Å². The van der Waals surface area contributed by atoms with Gasteiger partial charge in [0.2, 0.25) is 5.89 Å². The first kappa shape index (κ1) is 18.9. The minimum atomic E-state index is 0. The van der Waals surface area contributed by atoms with E-state index >= 15 is 0 Å². The number of aryl methyl sites for hydroxylation is 1. The Kier molecular flexibility index (Phi) is 7.18. The molecule has 0 amide bonds. The highest BCUT2D eigenvalue weighted by molar-refractivity contribution is 14.0. The van der Waals surface area contributed by atoms with Crippen molar-refractivity contribution in [2.45, 2.75) is 20.0 Å². The molecule has 2 N–H and O–H groups in total. The van der Waals surface area contributed by atoms with E-state index in [-0.39, 0.29) is 24.0 Å². The lowest BCUT2D eigenvalue weighted by Gasteiger charge is -2.09. The second-order valence-corrected chi connectivity index (χ2v) is 6.67. The van der Waals surface area contributed by atoms with Crippen LogP contribution in [0.5, 0.6) is 0 Å². The number of thiophene rings is 1. The maximum absolute atomic E-state index is 5.50. The van der Waals surface area contributed by atoms with Crippen molar-refractivity contribution in [3.63, 3.8) is 0 Å². The van der Waals surface area contributed by atoms with Gasteiger partial charge in [-0.1, -0.05) is 6.07 Å². The minimum Gasteiger partial charge on any atom is -0.443 e. The Labute approximate surface area is 165 Å². The maximum Gasteiger partial charge on any atom is 0.236 e. The molecule has 0 aliphatic carbocycles. The largest absolute Gasteiger partial charge is 0.443 e. The van der Waals surface area contributed by atoms with Crippen molar-refractivity contribution in [2.24, 2.45) is 4.99 Å². The van der Waals surface area contributed by atoms with Crippen LogP contribution in [0.3, 0.4) is 0 Å². The van der Waals surface area contributed by atoms with Gasteiger partial charge in [0.25, 0.3) is 0 Å². The van der Waals surface area contributed by atoms with Crippen LogP contribution in [0.15, 0.2) is 38.6 Å². The van der Waals surface area contributed by atoms with Gasteiger partial charge in [0.05, 0.1) is 23.7 Å². The molecule has 0 aliphatic heterocycles. The molecule has 0 aromatic carbocycles.